The average Bonchev–Trinajstić information content (AvgIpc) is 3.31. The van der Waals surface area contributed by atoms with E-state index in [1.165, 1.54) is 18.5 Å². The van der Waals surface area contributed by atoms with Crippen molar-refractivity contribution in [3.63, 3.8) is 0 Å². The number of nitrogens with one attached hydrogen (secondary N) is 1. The van der Waals surface area contributed by atoms with Gasteiger partial charge in [-0.25, -0.2) is 18.9 Å². The molecule has 3 aromatic heterocycles. The van der Waals surface area contributed by atoms with Gasteiger partial charge < -0.3 is 5.32 Å². The van der Waals surface area contributed by atoms with Crippen LogP contribution < -0.4 is 5.32 Å². The number of nitrogens with zero attached hydrogens (tertiary/aromatic N) is 4. The topological polar surface area (TPSA) is 72.2 Å². The molecule has 0 aliphatic heterocycles. The van der Waals surface area contributed by atoms with Gasteiger partial charge in [0.1, 0.15) is 17.3 Å². The van der Waals surface area contributed by atoms with Crippen molar-refractivity contribution in [2.45, 2.75) is 33.6 Å². The Morgan fingerprint density at radius 3 is 2.45 bits per heavy atom. The minimum atomic E-state index is -0.718. The number of aromatic nitrogens is 4. The summed E-state index contributed by atoms with van der Waals surface area (Å²) in [5.41, 5.74) is 2.82. The molecular formula is C29H32Cl2FN5O. The molecule has 0 atom stereocenters. The van der Waals surface area contributed by atoms with Crippen LogP contribution in [0.3, 0.4) is 0 Å². The maximum atomic E-state index is 13.5. The van der Waals surface area contributed by atoms with E-state index in [1.54, 1.807) is 41.2 Å². The number of anilines is 1. The monoisotopic (exact) mass is 555 g/mol. The molecule has 0 saturated carbocycles. The fraction of sp³-hybridized carbons (Fsp3) is 0.241. The van der Waals surface area contributed by atoms with Crippen LogP contribution in [-0.2, 0) is 4.79 Å². The van der Waals surface area contributed by atoms with Gasteiger partial charge in [-0.2, -0.15) is 5.10 Å². The molecule has 4 rings (SSSR count). The summed E-state index contributed by atoms with van der Waals surface area (Å²) in [7, 11) is 0. The Balaban J connectivity index is 0.00000121. The van der Waals surface area contributed by atoms with Crippen molar-refractivity contribution < 1.29 is 9.18 Å². The number of carbonyl (C=O) groups is 1. The Morgan fingerprint density at radius 1 is 1.11 bits per heavy atom. The highest BCUT2D eigenvalue weighted by Gasteiger charge is 2.29. The fourth-order valence-electron chi connectivity index (χ4n) is 3.68. The first-order chi connectivity index (χ1) is 18.3. The van der Waals surface area contributed by atoms with E-state index in [9.17, 15) is 9.18 Å². The quantitative estimate of drug-likeness (QED) is 0.184. The van der Waals surface area contributed by atoms with Gasteiger partial charge in [0.15, 0.2) is 5.65 Å². The molecule has 0 aliphatic carbocycles. The van der Waals surface area contributed by atoms with E-state index >= 15 is 0 Å². The van der Waals surface area contributed by atoms with Crippen LogP contribution in [0, 0.1) is 11.2 Å². The SMILES string of the molecule is C=C.CC/C=C(/Cl)CC(C)(C)C(=O)Nc1cc(-c2c(-c3ccc(F)cc3)nc3cccnn23)ccn1.CCl. The summed E-state index contributed by atoms with van der Waals surface area (Å²) in [6.07, 6.45) is 7.92. The average molecular weight is 557 g/mol. The van der Waals surface area contributed by atoms with E-state index in [-0.39, 0.29) is 11.7 Å². The third-order valence-corrected chi connectivity index (χ3v) is 5.72. The van der Waals surface area contributed by atoms with Gasteiger partial charge in [-0.1, -0.05) is 38.4 Å². The van der Waals surface area contributed by atoms with E-state index in [0.29, 0.717) is 34.3 Å². The molecule has 1 amide bonds. The van der Waals surface area contributed by atoms with Gasteiger partial charge in [0.25, 0.3) is 0 Å². The first-order valence-electron chi connectivity index (χ1n) is 11.9. The highest BCUT2D eigenvalue weighted by Crippen LogP contribution is 2.34. The number of hydrogen-bond acceptors (Lipinski definition) is 4. The number of alkyl halides is 1. The molecule has 0 radical (unpaired) electrons. The van der Waals surface area contributed by atoms with Gasteiger partial charge in [0.2, 0.25) is 5.91 Å². The molecule has 6 nitrogen and oxygen atoms in total. The second kappa shape index (κ2) is 14.4. The Morgan fingerprint density at radius 2 is 1.79 bits per heavy atom. The number of amides is 1. The van der Waals surface area contributed by atoms with E-state index in [2.05, 4.69) is 40.2 Å². The summed E-state index contributed by atoms with van der Waals surface area (Å²) in [5, 5.41) is 8.02. The number of rotatable bonds is 7. The van der Waals surface area contributed by atoms with E-state index in [0.717, 1.165) is 17.5 Å². The third-order valence-electron chi connectivity index (χ3n) is 5.44. The molecule has 3 heterocycles. The Labute approximate surface area is 233 Å². The summed E-state index contributed by atoms with van der Waals surface area (Å²) in [6.45, 7) is 11.7. The van der Waals surface area contributed by atoms with Gasteiger partial charge >= 0.3 is 0 Å². The molecule has 1 N–H and O–H groups in total. The summed E-state index contributed by atoms with van der Waals surface area (Å²) in [4.78, 5) is 22.1. The zero-order valence-electron chi connectivity index (χ0n) is 22.0. The number of imidazole rings is 1. The predicted molar refractivity (Wildman–Crippen MR) is 156 cm³/mol. The van der Waals surface area contributed by atoms with Crippen molar-refractivity contribution in [1.29, 1.82) is 0 Å². The second-order valence-corrected chi connectivity index (χ2v) is 9.10. The smallest absolute Gasteiger partial charge is 0.231 e. The molecule has 0 fully saturated rings. The Bertz CT molecular complexity index is 1380. The molecular weight excluding hydrogens is 524 g/mol. The maximum absolute atomic E-state index is 13.5. The molecule has 200 valence electrons. The number of allylic oxidation sites excluding steroid dienone is 2. The molecule has 1 aromatic carbocycles. The van der Waals surface area contributed by atoms with E-state index in [4.69, 9.17) is 16.6 Å². The summed E-state index contributed by atoms with van der Waals surface area (Å²) < 4.78 is 15.2. The molecule has 0 unspecified atom stereocenters. The number of hydrogen-bond donors (Lipinski definition) is 1. The van der Waals surface area contributed by atoms with E-state index in [1.807, 2.05) is 39.0 Å². The zero-order chi connectivity index (χ0) is 28.3. The maximum Gasteiger partial charge on any atom is 0.231 e. The highest BCUT2D eigenvalue weighted by atomic mass is 35.5. The standard InChI is InChI=1S/C26H25ClFN5O.C2H4.CH3Cl/c1-4-6-19(27)16-26(2,3)25(34)31-21-15-18(12-14-29-21)24-23(17-8-10-20(28)11-9-17)32-22-7-5-13-30-33(22)24;2*1-2/h5-15H,4,16H2,1-3H3,(H,29,31,34);1-2H2;1H3/b19-6+;;. The van der Waals surface area contributed by atoms with E-state index < -0.39 is 5.41 Å². The number of fused-ring (bicyclic) bond motifs is 1. The number of halogens is 3. The minimum Gasteiger partial charge on any atom is -0.310 e. The van der Waals surface area contributed by atoms with Crippen LogP contribution in [0.15, 0.2) is 85.2 Å². The summed E-state index contributed by atoms with van der Waals surface area (Å²) in [6, 6.07) is 13.4. The minimum absolute atomic E-state index is 0.185. The van der Waals surface area contributed by atoms with Crippen LogP contribution in [0.5, 0.6) is 0 Å². The fourth-order valence-corrected chi connectivity index (χ4v) is 4.17. The van der Waals surface area contributed by atoms with Crippen LogP contribution in [0.4, 0.5) is 10.2 Å². The van der Waals surface area contributed by atoms with Crippen molar-refractivity contribution >= 4 is 40.6 Å². The Hall–Kier alpha value is -3.55. The highest BCUT2D eigenvalue weighted by molar-refractivity contribution is 6.29. The van der Waals surface area contributed by atoms with Gasteiger partial charge in [0, 0.05) is 40.4 Å². The molecule has 0 saturated heterocycles. The lowest BCUT2D eigenvalue weighted by molar-refractivity contribution is -0.123. The van der Waals surface area contributed by atoms with Crippen molar-refractivity contribution in [3.8, 4) is 22.5 Å². The van der Waals surface area contributed by atoms with Crippen molar-refractivity contribution in [2.24, 2.45) is 5.41 Å². The van der Waals surface area contributed by atoms with Crippen molar-refractivity contribution in [3.05, 3.63) is 91.0 Å². The largest absolute Gasteiger partial charge is 0.310 e. The molecule has 0 spiro atoms. The molecule has 0 aliphatic rings. The Kier molecular flexibility index (Phi) is 11.6. The molecule has 38 heavy (non-hydrogen) atoms. The normalized spacial score (nSPS) is 11.2. The van der Waals surface area contributed by atoms with Crippen LogP contribution in [-0.4, -0.2) is 31.9 Å². The van der Waals surface area contributed by atoms with Crippen LogP contribution in [0.1, 0.15) is 33.6 Å². The number of carbonyl (C=O) groups excluding carboxylic acids is 1. The summed E-state index contributed by atoms with van der Waals surface area (Å²) >= 11 is 10.9. The molecule has 9 heteroatoms. The van der Waals surface area contributed by atoms with Gasteiger partial charge in [-0.15, -0.1) is 24.8 Å². The predicted octanol–water partition coefficient (Wildman–Crippen LogP) is 8.14. The van der Waals surface area contributed by atoms with Crippen LogP contribution >= 0.6 is 23.2 Å². The van der Waals surface area contributed by atoms with Crippen molar-refractivity contribution in [2.75, 3.05) is 11.7 Å². The molecule has 0 bridgehead atoms. The van der Waals surface area contributed by atoms with Gasteiger partial charge in [0.05, 0.1) is 5.69 Å². The van der Waals surface area contributed by atoms with Gasteiger partial charge in [-0.3, -0.25) is 4.79 Å². The lowest BCUT2D eigenvalue weighted by Crippen LogP contribution is -2.31. The first kappa shape index (κ1) is 30.7. The lowest BCUT2D eigenvalue weighted by Gasteiger charge is -2.23. The second-order valence-electron chi connectivity index (χ2n) is 8.61. The number of pyridine rings is 1. The third kappa shape index (κ3) is 7.49. The summed E-state index contributed by atoms with van der Waals surface area (Å²) in [5.74, 6) is -0.102. The van der Waals surface area contributed by atoms with Crippen molar-refractivity contribution in [1.82, 2.24) is 19.6 Å². The number of benzene rings is 1. The van der Waals surface area contributed by atoms with Gasteiger partial charge in [-0.05, 0) is 61.4 Å². The molecule has 4 aromatic rings. The van der Waals surface area contributed by atoms with Crippen LogP contribution in [0.25, 0.3) is 28.2 Å². The first-order valence-corrected chi connectivity index (χ1v) is 13.0. The lowest BCUT2D eigenvalue weighted by atomic mass is 9.88. The van der Waals surface area contributed by atoms with Crippen LogP contribution in [0.2, 0.25) is 0 Å². The zero-order valence-corrected chi connectivity index (χ0v) is 23.5.